The zero-order valence-electron chi connectivity index (χ0n) is 23.2. The van der Waals surface area contributed by atoms with Crippen LogP contribution in [0.1, 0.15) is 63.2 Å². The van der Waals surface area contributed by atoms with Crippen LogP contribution >= 0.6 is 11.3 Å². The monoisotopic (exact) mass is 544 g/mol. The first-order chi connectivity index (χ1) is 18.2. The number of aryl methyl sites for hydroxylation is 2. The Morgan fingerprint density at radius 3 is 2.58 bits per heavy atom. The first kappa shape index (κ1) is 31.0. The van der Waals surface area contributed by atoms with Crippen molar-refractivity contribution < 1.29 is 24.0 Å². The average Bonchev–Trinajstić information content (AvgIpc) is 3.60. The number of carbonyl (C=O) groups excluding carboxylic acids is 2. The lowest BCUT2D eigenvalue weighted by atomic mass is 10.1. The molecule has 1 aliphatic heterocycles. The zero-order valence-corrected chi connectivity index (χ0v) is 24.0. The number of carbonyl (C=O) groups is 2. The van der Waals surface area contributed by atoms with Gasteiger partial charge in [0.05, 0.1) is 40.4 Å². The molecule has 1 fully saturated rings. The Balaban J connectivity index is 0.000000250. The number of hydrogen-bond acceptors (Lipinski definition) is 8. The smallest absolute Gasteiger partial charge is 0.230 e. The maximum absolute atomic E-state index is 11.7. The molecule has 4 rings (SSSR count). The third-order valence-electron chi connectivity index (χ3n) is 5.33. The Labute approximate surface area is 229 Å². The molecule has 2 amide bonds. The molecule has 1 aromatic carbocycles. The largest absolute Gasteiger partial charge is 0.491 e. The van der Waals surface area contributed by atoms with Crippen molar-refractivity contribution in [3.8, 4) is 16.2 Å². The second kappa shape index (κ2) is 15.9. The van der Waals surface area contributed by atoms with Gasteiger partial charge in [0.1, 0.15) is 11.5 Å². The number of rotatable bonds is 8. The van der Waals surface area contributed by atoms with E-state index in [-0.39, 0.29) is 24.5 Å². The molecule has 0 aliphatic carbocycles. The fourth-order valence-electron chi connectivity index (χ4n) is 3.66. The number of aliphatic hydroxyl groups excluding tert-OH is 1. The van der Waals surface area contributed by atoms with E-state index in [4.69, 9.17) is 9.26 Å². The van der Waals surface area contributed by atoms with E-state index in [1.165, 1.54) is 6.42 Å². The second-order valence-electron chi connectivity index (χ2n) is 9.36. The number of likely N-dealkylation sites (tertiary alicyclic amines) is 1. The minimum Gasteiger partial charge on any atom is -0.491 e. The Hall–Kier alpha value is -3.24. The third-order valence-corrected chi connectivity index (χ3v) is 6.31. The van der Waals surface area contributed by atoms with E-state index >= 15 is 0 Å². The van der Waals surface area contributed by atoms with Crippen molar-refractivity contribution >= 4 is 23.7 Å². The van der Waals surface area contributed by atoms with Crippen molar-refractivity contribution in [2.45, 2.75) is 79.6 Å². The Morgan fingerprint density at radius 1 is 1.32 bits per heavy atom. The van der Waals surface area contributed by atoms with Gasteiger partial charge in [0.2, 0.25) is 12.3 Å². The van der Waals surface area contributed by atoms with Gasteiger partial charge in [0.25, 0.3) is 0 Å². The van der Waals surface area contributed by atoms with Gasteiger partial charge in [-0.2, -0.15) is 0 Å². The summed E-state index contributed by atoms with van der Waals surface area (Å²) in [6, 6.07) is 7.80. The van der Waals surface area contributed by atoms with Crippen molar-refractivity contribution in [2.75, 3.05) is 13.1 Å². The molecule has 0 spiro atoms. The molecule has 3 aromatic rings. The summed E-state index contributed by atoms with van der Waals surface area (Å²) in [4.78, 5) is 29.2. The molecule has 2 aromatic heterocycles. The summed E-state index contributed by atoms with van der Waals surface area (Å²) in [7, 11) is 0. The van der Waals surface area contributed by atoms with Gasteiger partial charge in [-0.25, -0.2) is 4.98 Å². The molecule has 1 aliphatic rings. The van der Waals surface area contributed by atoms with Crippen LogP contribution in [0.5, 0.6) is 5.75 Å². The molecule has 1 unspecified atom stereocenters. The molecule has 10 heteroatoms. The van der Waals surface area contributed by atoms with Crippen molar-refractivity contribution in [1.82, 2.24) is 20.4 Å². The Morgan fingerprint density at radius 2 is 2.05 bits per heavy atom. The van der Waals surface area contributed by atoms with Crippen LogP contribution in [0.4, 0.5) is 0 Å². The first-order valence-corrected chi connectivity index (χ1v) is 13.8. The number of nitrogens with one attached hydrogen (secondary N) is 1. The molecular formula is C28H40N4O5S. The van der Waals surface area contributed by atoms with E-state index in [1.54, 1.807) is 22.3 Å². The lowest BCUT2D eigenvalue weighted by molar-refractivity contribution is -0.130. The fourth-order valence-corrected chi connectivity index (χ4v) is 4.47. The number of aliphatic hydroxyl groups is 1. The number of amides is 2. The van der Waals surface area contributed by atoms with Crippen molar-refractivity contribution in [3.05, 3.63) is 52.5 Å². The quantitative estimate of drug-likeness (QED) is 0.395. The van der Waals surface area contributed by atoms with Crippen LogP contribution in [0.3, 0.4) is 0 Å². The number of ether oxygens (including phenoxy) is 1. The molecule has 0 bridgehead atoms. The van der Waals surface area contributed by atoms with Gasteiger partial charge in [0, 0.05) is 31.3 Å². The van der Waals surface area contributed by atoms with Gasteiger partial charge in [-0.3, -0.25) is 9.59 Å². The average molecular weight is 545 g/mol. The topological polar surface area (TPSA) is 118 Å². The summed E-state index contributed by atoms with van der Waals surface area (Å²) in [5, 5.41) is 15.7. The number of β-amino-alcohol motifs (C(OH)–C–C–N with tert-alkyl or cyclic N) is 1. The van der Waals surface area contributed by atoms with Crippen molar-refractivity contribution in [1.29, 1.82) is 0 Å². The SMILES string of the molecule is CCC.Cc1cc(CC(=O)N2CCC(O)C2)on1.Cc1ncsc1-c1ccc(CNC=O)c(OC(C)C)c1. The normalized spacial score (nSPS) is 14.3. The van der Waals surface area contributed by atoms with Gasteiger partial charge in [-0.15, -0.1) is 11.3 Å². The summed E-state index contributed by atoms with van der Waals surface area (Å²) in [6.45, 7) is 13.6. The highest BCUT2D eigenvalue weighted by molar-refractivity contribution is 7.13. The summed E-state index contributed by atoms with van der Waals surface area (Å²) < 4.78 is 10.8. The van der Waals surface area contributed by atoms with Gasteiger partial charge >= 0.3 is 0 Å². The molecule has 9 nitrogen and oxygen atoms in total. The highest BCUT2D eigenvalue weighted by Crippen LogP contribution is 2.32. The maximum Gasteiger partial charge on any atom is 0.230 e. The van der Waals surface area contributed by atoms with Crippen LogP contribution in [-0.4, -0.2) is 57.8 Å². The standard InChI is InChI=1S/C15H18N2O2S.C10H14N2O3.C3H8/c1-10(2)19-14-6-12(15-11(3)17-9-20-15)4-5-13(14)7-16-8-18;1-7-4-9(15-11-7)5-10(14)12-3-2-8(13)6-12;1-3-2/h4-6,8-10H,7H2,1-3H3,(H,16,18);4,8,13H,2-3,5-6H2,1H3;3H2,1-2H3. The van der Waals surface area contributed by atoms with Crippen LogP contribution in [-0.2, 0) is 22.6 Å². The molecule has 208 valence electrons. The van der Waals surface area contributed by atoms with E-state index in [0.717, 1.165) is 33.1 Å². The zero-order chi connectivity index (χ0) is 28.1. The number of benzene rings is 1. The second-order valence-corrected chi connectivity index (χ2v) is 10.2. The van der Waals surface area contributed by atoms with Crippen molar-refractivity contribution in [2.24, 2.45) is 0 Å². The summed E-state index contributed by atoms with van der Waals surface area (Å²) in [5.74, 6) is 1.38. The van der Waals surface area contributed by atoms with Crippen LogP contribution < -0.4 is 10.1 Å². The molecule has 2 N–H and O–H groups in total. The molecule has 0 saturated carbocycles. The molecule has 1 atom stereocenters. The highest BCUT2D eigenvalue weighted by atomic mass is 32.1. The van der Waals surface area contributed by atoms with Gasteiger partial charge in [0.15, 0.2) is 0 Å². The van der Waals surface area contributed by atoms with Crippen LogP contribution in [0.2, 0.25) is 0 Å². The molecule has 38 heavy (non-hydrogen) atoms. The summed E-state index contributed by atoms with van der Waals surface area (Å²) >= 11 is 1.62. The Kier molecular flexibility index (Phi) is 12.9. The first-order valence-electron chi connectivity index (χ1n) is 12.9. The lowest BCUT2D eigenvalue weighted by Gasteiger charge is -2.15. The minimum absolute atomic E-state index is 0.0114. The third kappa shape index (κ3) is 9.90. The van der Waals surface area contributed by atoms with E-state index in [2.05, 4.69) is 29.3 Å². The Bertz CT molecular complexity index is 1140. The minimum atomic E-state index is -0.370. The predicted octanol–water partition coefficient (Wildman–Crippen LogP) is 4.69. The van der Waals surface area contributed by atoms with Crippen molar-refractivity contribution in [3.63, 3.8) is 0 Å². The molecule has 0 radical (unpaired) electrons. The van der Waals surface area contributed by atoms with Gasteiger partial charge in [-0.05, 0) is 45.7 Å². The predicted molar refractivity (Wildman–Crippen MR) is 149 cm³/mol. The van der Waals surface area contributed by atoms with E-state index in [0.29, 0.717) is 38.2 Å². The lowest BCUT2D eigenvalue weighted by Crippen LogP contribution is -2.30. The van der Waals surface area contributed by atoms with Gasteiger partial charge in [-0.1, -0.05) is 37.6 Å². The number of nitrogens with zero attached hydrogens (tertiary/aromatic N) is 3. The van der Waals surface area contributed by atoms with Crippen LogP contribution in [0.25, 0.3) is 10.4 Å². The molecule has 1 saturated heterocycles. The maximum atomic E-state index is 11.7. The van der Waals surface area contributed by atoms with Crippen LogP contribution in [0.15, 0.2) is 34.3 Å². The highest BCUT2D eigenvalue weighted by Gasteiger charge is 2.25. The number of thiazole rings is 1. The molecular weight excluding hydrogens is 504 g/mol. The van der Waals surface area contributed by atoms with E-state index < -0.39 is 0 Å². The van der Waals surface area contributed by atoms with Gasteiger partial charge < -0.3 is 24.6 Å². The fraction of sp³-hybridized carbons (Fsp3) is 0.500. The summed E-state index contributed by atoms with van der Waals surface area (Å²) in [6.07, 6.45) is 2.56. The molecule has 3 heterocycles. The summed E-state index contributed by atoms with van der Waals surface area (Å²) in [5.41, 5.74) is 5.70. The number of aromatic nitrogens is 2. The number of hydrogen-bond donors (Lipinski definition) is 2. The van der Waals surface area contributed by atoms with E-state index in [1.807, 2.05) is 51.4 Å². The van der Waals surface area contributed by atoms with E-state index in [9.17, 15) is 14.7 Å². The van der Waals surface area contributed by atoms with Crippen LogP contribution in [0, 0.1) is 13.8 Å².